The second kappa shape index (κ2) is 11.4. The van der Waals surface area contributed by atoms with Crippen LogP contribution < -0.4 is 5.32 Å². The summed E-state index contributed by atoms with van der Waals surface area (Å²) in [6, 6.07) is 0. The number of ketones is 2. The summed E-state index contributed by atoms with van der Waals surface area (Å²) in [5, 5.41) is 26.1. The van der Waals surface area contributed by atoms with E-state index >= 15 is 0 Å². The highest BCUT2D eigenvalue weighted by Gasteiger charge is 2.68. The van der Waals surface area contributed by atoms with E-state index in [1.54, 1.807) is 18.6 Å². The van der Waals surface area contributed by atoms with Gasteiger partial charge in [-0.3, -0.25) is 19.2 Å². The fourth-order valence-corrected chi connectivity index (χ4v) is 8.70. The summed E-state index contributed by atoms with van der Waals surface area (Å²) >= 11 is 0. The van der Waals surface area contributed by atoms with Gasteiger partial charge in [0.2, 0.25) is 11.7 Å². The average molecular weight is 570 g/mol. The summed E-state index contributed by atoms with van der Waals surface area (Å²) < 4.78 is 7.13. The normalized spacial score (nSPS) is 36.0. The summed E-state index contributed by atoms with van der Waals surface area (Å²) in [7, 11) is 0. The Kier molecular flexibility index (Phi) is 8.27. The fraction of sp³-hybridized carbons (Fsp3) is 0.710. The second-order valence-corrected chi connectivity index (χ2v) is 13.1. The maximum Gasteiger partial charge on any atom is 0.306 e. The largest absolute Gasteiger partial charge is 0.458 e. The molecule has 0 bridgehead atoms. The number of amides is 1. The van der Waals surface area contributed by atoms with E-state index in [0.29, 0.717) is 19.4 Å². The van der Waals surface area contributed by atoms with Gasteiger partial charge in [0.1, 0.15) is 5.60 Å². The first-order valence-electron chi connectivity index (χ1n) is 15.0. The van der Waals surface area contributed by atoms with Crippen molar-refractivity contribution in [1.82, 2.24) is 14.9 Å². The number of aliphatic hydroxyl groups is 2. The van der Waals surface area contributed by atoms with Gasteiger partial charge in [0.05, 0.1) is 18.9 Å². The smallest absolute Gasteiger partial charge is 0.306 e. The van der Waals surface area contributed by atoms with Crippen molar-refractivity contribution in [2.24, 2.45) is 28.6 Å². The van der Waals surface area contributed by atoms with E-state index in [2.05, 4.69) is 17.2 Å². The number of hydrogen-bond donors (Lipinski definition) is 3. The van der Waals surface area contributed by atoms with Gasteiger partial charge < -0.3 is 24.8 Å². The molecule has 0 radical (unpaired) electrons. The van der Waals surface area contributed by atoms with Crippen molar-refractivity contribution in [1.29, 1.82) is 0 Å². The minimum absolute atomic E-state index is 0.0130. The van der Waals surface area contributed by atoms with Crippen LogP contribution in [-0.2, 0) is 30.5 Å². The topological polar surface area (TPSA) is 148 Å². The molecule has 3 saturated carbocycles. The lowest BCUT2D eigenvalue weighted by molar-refractivity contribution is -0.184. The molecule has 1 aromatic heterocycles. The molecule has 0 aromatic carbocycles. The molecular weight excluding hydrogens is 526 g/mol. The maximum absolute atomic E-state index is 13.4. The number of aromatic nitrogens is 2. The van der Waals surface area contributed by atoms with Crippen LogP contribution in [0.15, 0.2) is 30.4 Å². The van der Waals surface area contributed by atoms with Crippen molar-refractivity contribution >= 4 is 23.4 Å². The summed E-state index contributed by atoms with van der Waals surface area (Å²) in [5.41, 5.74) is -1.65. The lowest BCUT2D eigenvalue weighted by atomic mass is 9.45. The van der Waals surface area contributed by atoms with Crippen LogP contribution in [0, 0.1) is 28.6 Å². The molecule has 1 amide bonds. The molecule has 3 N–H and O–H groups in total. The van der Waals surface area contributed by atoms with Crippen molar-refractivity contribution in [2.45, 2.75) is 96.3 Å². The molecule has 3 fully saturated rings. The molecule has 0 saturated heterocycles. The second-order valence-electron chi connectivity index (χ2n) is 13.1. The SMILES string of the molecule is C[C@]12CCC(=O)C=C1CCC1C2C(O)C[C@@]2(C)C1CC[C@]2(O)C(=O)COC(=O)CCC(=O)NCCCn1ccnc1. The van der Waals surface area contributed by atoms with Crippen LogP contribution in [0.1, 0.15) is 78.1 Å². The highest BCUT2D eigenvalue weighted by molar-refractivity contribution is 5.92. The summed E-state index contributed by atoms with van der Waals surface area (Å²) in [5.74, 6) is -1.14. The zero-order valence-corrected chi connectivity index (χ0v) is 24.1. The van der Waals surface area contributed by atoms with Crippen LogP contribution in [-0.4, -0.2) is 68.1 Å². The number of nitrogens with one attached hydrogen (secondary N) is 1. The molecule has 41 heavy (non-hydrogen) atoms. The van der Waals surface area contributed by atoms with Crippen molar-refractivity contribution < 1.29 is 34.1 Å². The number of carbonyl (C=O) groups excluding carboxylic acids is 4. The molecule has 10 nitrogen and oxygen atoms in total. The first kappa shape index (κ1) is 29.6. The minimum Gasteiger partial charge on any atom is -0.458 e. The van der Waals surface area contributed by atoms with Crippen molar-refractivity contribution in [3.05, 3.63) is 30.4 Å². The molecule has 1 aromatic rings. The van der Waals surface area contributed by atoms with Gasteiger partial charge in [-0.2, -0.15) is 0 Å². The number of Topliss-reactive ketones (excluding diaryl/α,β-unsaturated/α-hetero) is 1. The molecule has 4 unspecified atom stereocenters. The molecule has 1 heterocycles. The Morgan fingerprint density at radius 3 is 2.73 bits per heavy atom. The van der Waals surface area contributed by atoms with Crippen molar-refractivity contribution in [3.63, 3.8) is 0 Å². The zero-order chi connectivity index (χ0) is 29.4. The Labute approximate surface area is 240 Å². The van der Waals surface area contributed by atoms with Gasteiger partial charge in [0.25, 0.3) is 0 Å². The Hall–Kier alpha value is -2.85. The van der Waals surface area contributed by atoms with Crippen molar-refractivity contribution in [3.8, 4) is 0 Å². The van der Waals surface area contributed by atoms with E-state index in [4.69, 9.17) is 4.74 Å². The lowest BCUT2D eigenvalue weighted by Crippen LogP contribution is -2.62. The van der Waals surface area contributed by atoms with Gasteiger partial charge in [-0.05, 0) is 74.2 Å². The Balaban J connectivity index is 1.13. The number of carbonyl (C=O) groups is 4. The van der Waals surface area contributed by atoms with E-state index in [1.807, 2.05) is 17.7 Å². The number of ether oxygens (including phenoxy) is 1. The van der Waals surface area contributed by atoms with Crippen LogP contribution in [0.5, 0.6) is 0 Å². The zero-order valence-electron chi connectivity index (χ0n) is 24.1. The molecular formula is C31H43N3O7. The highest BCUT2D eigenvalue weighted by Crippen LogP contribution is 2.67. The molecule has 224 valence electrons. The lowest BCUT2D eigenvalue weighted by Gasteiger charge is -2.60. The maximum atomic E-state index is 13.4. The van der Waals surface area contributed by atoms with Gasteiger partial charge in [-0.15, -0.1) is 0 Å². The summed E-state index contributed by atoms with van der Waals surface area (Å²) in [6.07, 6.45) is 10.9. The van der Waals surface area contributed by atoms with Gasteiger partial charge in [0, 0.05) is 43.7 Å². The summed E-state index contributed by atoms with van der Waals surface area (Å²) in [4.78, 5) is 53.9. The van der Waals surface area contributed by atoms with Gasteiger partial charge in [-0.25, -0.2) is 4.98 Å². The van der Waals surface area contributed by atoms with E-state index in [0.717, 1.165) is 37.8 Å². The third kappa shape index (κ3) is 5.41. The number of hydrogen-bond acceptors (Lipinski definition) is 8. The number of aryl methyl sites for hydroxylation is 1. The molecule has 5 rings (SSSR count). The number of aliphatic hydroxyl groups excluding tert-OH is 1. The molecule has 0 spiro atoms. The number of imidazole rings is 1. The van der Waals surface area contributed by atoms with E-state index in [-0.39, 0.29) is 60.5 Å². The van der Waals surface area contributed by atoms with Crippen LogP contribution >= 0.6 is 0 Å². The molecule has 0 aliphatic heterocycles. The number of rotatable bonds is 10. The Morgan fingerprint density at radius 2 is 1.98 bits per heavy atom. The van der Waals surface area contributed by atoms with E-state index in [9.17, 15) is 29.4 Å². The molecule has 4 aliphatic rings. The van der Waals surface area contributed by atoms with Crippen LogP contribution in [0.25, 0.3) is 0 Å². The van der Waals surface area contributed by atoms with Gasteiger partial charge >= 0.3 is 5.97 Å². The molecule has 10 heteroatoms. The predicted molar refractivity (Wildman–Crippen MR) is 148 cm³/mol. The molecule has 4 aliphatic carbocycles. The van der Waals surface area contributed by atoms with Crippen LogP contribution in [0.2, 0.25) is 0 Å². The number of allylic oxidation sites excluding steroid dienone is 1. The minimum atomic E-state index is -1.70. The van der Waals surface area contributed by atoms with E-state index in [1.165, 1.54) is 0 Å². The predicted octanol–water partition coefficient (Wildman–Crippen LogP) is 2.52. The van der Waals surface area contributed by atoms with E-state index < -0.39 is 35.5 Å². The third-order valence-electron chi connectivity index (χ3n) is 10.9. The first-order valence-corrected chi connectivity index (χ1v) is 15.0. The standard InChI is InChI=1S/C31H43N3O7/c1-29-10-8-21(35)16-20(29)4-5-22-23-9-11-31(40,30(23,2)17-24(36)28(22)29)25(37)18-41-27(39)7-6-26(38)33-12-3-14-34-15-13-32-19-34/h13,15-16,19,22-24,28,36,40H,3-12,14,17-18H2,1-2H3,(H,33,38)/t22?,23?,24?,28?,29-,30-,31-/m0/s1. The summed E-state index contributed by atoms with van der Waals surface area (Å²) in [6.45, 7) is 4.71. The van der Waals surface area contributed by atoms with Gasteiger partial charge in [0.15, 0.2) is 12.4 Å². The third-order valence-corrected chi connectivity index (χ3v) is 10.9. The Morgan fingerprint density at radius 1 is 1.17 bits per heavy atom. The number of nitrogens with zero attached hydrogens (tertiary/aromatic N) is 2. The monoisotopic (exact) mass is 569 g/mol. The fourth-order valence-electron chi connectivity index (χ4n) is 8.70. The van der Waals surface area contributed by atoms with Gasteiger partial charge in [-0.1, -0.05) is 19.4 Å². The quantitative estimate of drug-likeness (QED) is 0.288. The number of fused-ring (bicyclic) bond motifs is 5. The average Bonchev–Trinajstić information content (AvgIpc) is 3.55. The Bertz CT molecular complexity index is 1210. The van der Waals surface area contributed by atoms with Crippen LogP contribution in [0.4, 0.5) is 0 Å². The highest BCUT2D eigenvalue weighted by atomic mass is 16.5. The number of esters is 1. The first-order chi connectivity index (χ1) is 19.5. The van der Waals surface area contributed by atoms with Crippen molar-refractivity contribution in [2.75, 3.05) is 13.2 Å². The van der Waals surface area contributed by atoms with Crippen LogP contribution in [0.3, 0.4) is 0 Å². The molecule has 7 atom stereocenters.